The van der Waals surface area contributed by atoms with Gasteiger partial charge >= 0.3 is 7.82 Å². The molecule has 0 saturated heterocycles. The Morgan fingerprint density at radius 3 is 1.75 bits per heavy atom. The lowest BCUT2D eigenvalue weighted by atomic mass is 10.2. The molecular weight excluding hydrogens is 323 g/mol. The van der Waals surface area contributed by atoms with E-state index in [4.69, 9.17) is 13.6 Å². The first-order valence-electron chi connectivity index (χ1n) is 8.46. The standard InChI is InChI=1S/C19H25O4P/c1-2-3-4-5-12-17-21-24(20,22-18-13-8-6-9-14-18)23-19-15-10-7-11-16-19/h6-11,13-16H,2-5,12,17H2,1H3. The third-order valence-corrected chi connectivity index (χ3v) is 4.79. The molecule has 2 aromatic carbocycles. The van der Waals surface area contributed by atoms with Gasteiger partial charge in [0.05, 0.1) is 6.61 Å². The van der Waals surface area contributed by atoms with Crippen molar-refractivity contribution in [3.8, 4) is 11.5 Å². The van der Waals surface area contributed by atoms with Crippen LogP contribution in [0.1, 0.15) is 39.0 Å². The number of rotatable bonds is 11. The van der Waals surface area contributed by atoms with Crippen LogP contribution in [0.5, 0.6) is 11.5 Å². The molecule has 0 saturated carbocycles. The fourth-order valence-electron chi connectivity index (χ4n) is 2.17. The third kappa shape index (κ3) is 6.77. The minimum atomic E-state index is -3.72. The van der Waals surface area contributed by atoms with E-state index in [0.717, 1.165) is 19.3 Å². The van der Waals surface area contributed by atoms with Crippen molar-refractivity contribution in [3.63, 3.8) is 0 Å². The van der Waals surface area contributed by atoms with Crippen molar-refractivity contribution in [3.05, 3.63) is 60.7 Å². The SMILES string of the molecule is CCCCCCCOP(=O)(Oc1ccccc1)Oc1ccccc1. The third-order valence-electron chi connectivity index (χ3n) is 3.42. The highest BCUT2D eigenvalue weighted by atomic mass is 31.2. The number of benzene rings is 2. The summed E-state index contributed by atoms with van der Waals surface area (Å²) in [4.78, 5) is 0. The van der Waals surface area contributed by atoms with E-state index in [0.29, 0.717) is 18.1 Å². The Hall–Kier alpha value is -1.77. The lowest BCUT2D eigenvalue weighted by molar-refractivity contribution is 0.205. The number of para-hydroxylation sites is 2. The van der Waals surface area contributed by atoms with Crippen LogP contribution in [0, 0.1) is 0 Å². The highest BCUT2D eigenvalue weighted by molar-refractivity contribution is 7.49. The summed E-state index contributed by atoms with van der Waals surface area (Å²) in [6.45, 7) is 2.52. The van der Waals surface area contributed by atoms with E-state index in [-0.39, 0.29) is 0 Å². The van der Waals surface area contributed by atoms with Gasteiger partial charge in [-0.25, -0.2) is 4.57 Å². The zero-order chi connectivity index (χ0) is 17.1. The summed E-state index contributed by atoms with van der Waals surface area (Å²) in [5.41, 5.74) is 0. The molecule has 5 heteroatoms. The van der Waals surface area contributed by atoms with Crippen LogP contribution in [0.3, 0.4) is 0 Å². The molecule has 130 valence electrons. The zero-order valence-corrected chi connectivity index (χ0v) is 15.0. The van der Waals surface area contributed by atoms with Crippen molar-refractivity contribution in [2.24, 2.45) is 0 Å². The maximum absolute atomic E-state index is 13.0. The summed E-state index contributed by atoms with van der Waals surface area (Å²) >= 11 is 0. The van der Waals surface area contributed by atoms with Crippen LogP contribution in [0.25, 0.3) is 0 Å². The van der Waals surface area contributed by atoms with Crippen molar-refractivity contribution >= 4 is 7.82 Å². The number of hydrogen-bond acceptors (Lipinski definition) is 4. The molecule has 0 atom stereocenters. The van der Waals surface area contributed by atoms with Gasteiger partial charge in [-0.3, -0.25) is 4.52 Å². The second kappa shape index (κ2) is 10.2. The van der Waals surface area contributed by atoms with E-state index in [2.05, 4.69) is 6.92 Å². The molecule has 4 nitrogen and oxygen atoms in total. The second-order valence-corrected chi connectivity index (χ2v) is 7.02. The normalized spacial score (nSPS) is 11.2. The molecule has 24 heavy (non-hydrogen) atoms. The Bertz CT molecular complexity index is 570. The summed E-state index contributed by atoms with van der Waals surface area (Å²) in [5.74, 6) is 0.922. The van der Waals surface area contributed by atoms with Crippen molar-refractivity contribution in [2.45, 2.75) is 39.0 Å². The summed E-state index contributed by atoms with van der Waals surface area (Å²) < 4.78 is 29.6. The van der Waals surface area contributed by atoms with Crippen LogP contribution in [0.2, 0.25) is 0 Å². The van der Waals surface area contributed by atoms with E-state index in [1.54, 1.807) is 24.3 Å². The maximum atomic E-state index is 13.0. The molecule has 0 fully saturated rings. The summed E-state index contributed by atoms with van der Waals surface area (Å²) in [5, 5.41) is 0. The largest absolute Gasteiger partial charge is 0.587 e. The highest BCUT2D eigenvalue weighted by Crippen LogP contribution is 2.49. The molecule has 0 N–H and O–H groups in total. The number of phosphoric ester groups is 1. The molecule has 0 spiro atoms. The first-order chi connectivity index (χ1) is 11.7. The zero-order valence-electron chi connectivity index (χ0n) is 14.1. The van der Waals surface area contributed by atoms with Gasteiger partial charge in [0.15, 0.2) is 0 Å². The minimum absolute atomic E-state index is 0.348. The smallest absolute Gasteiger partial charge is 0.395 e. The van der Waals surface area contributed by atoms with Crippen molar-refractivity contribution < 1.29 is 18.1 Å². The van der Waals surface area contributed by atoms with E-state index >= 15 is 0 Å². The molecule has 0 unspecified atom stereocenters. The Morgan fingerprint density at radius 2 is 1.25 bits per heavy atom. The van der Waals surface area contributed by atoms with Gasteiger partial charge in [0.25, 0.3) is 0 Å². The van der Waals surface area contributed by atoms with Crippen molar-refractivity contribution in [2.75, 3.05) is 6.61 Å². The molecule has 0 amide bonds. The van der Waals surface area contributed by atoms with Crippen molar-refractivity contribution in [1.29, 1.82) is 0 Å². The average molecular weight is 348 g/mol. The van der Waals surface area contributed by atoms with Crippen LogP contribution in [0.4, 0.5) is 0 Å². The fourth-order valence-corrected chi connectivity index (χ4v) is 3.43. The van der Waals surface area contributed by atoms with Crippen LogP contribution in [-0.2, 0) is 9.09 Å². The monoisotopic (exact) mass is 348 g/mol. The molecule has 0 radical (unpaired) electrons. The first kappa shape index (κ1) is 18.6. The Balaban J connectivity index is 1.96. The molecular formula is C19H25O4P. The topological polar surface area (TPSA) is 44.8 Å². The van der Waals surface area contributed by atoms with Gasteiger partial charge in [-0.2, -0.15) is 0 Å². The predicted molar refractivity (Wildman–Crippen MR) is 96.5 cm³/mol. The molecule has 0 aliphatic heterocycles. The predicted octanol–water partition coefficient (Wildman–Crippen LogP) is 6.24. The Labute approximate surface area is 144 Å². The van der Waals surface area contributed by atoms with Gasteiger partial charge in [0.2, 0.25) is 0 Å². The fraction of sp³-hybridized carbons (Fsp3) is 0.368. The summed E-state index contributed by atoms with van der Waals surface area (Å²) in [6.07, 6.45) is 5.43. The molecule has 0 aromatic heterocycles. The van der Waals surface area contributed by atoms with Gasteiger partial charge in [-0.15, -0.1) is 0 Å². The molecule has 0 aliphatic carbocycles. The van der Waals surface area contributed by atoms with Crippen LogP contribution >= 0.6 is 7.82 Å². The van der Waals surface area contributed by atoms with Crippen LogP contribution in [0.15, 0.2) is 60.7 Å². The van der Waals surface area contributed by atoms with Gasteiger partial charge in [0, 0.05) is 0 Å². The molecule has 0 bridgehead atoms. The molecule has 0 heterocycles. The number of phosphoric acid groups is 1. The van der Waals surface area contributed by atoms with Gasteiger partial charge in [0.1, 0.15) is 11.5 Å². The maximum Gasteiger partial charge on any atom is 0.587 e. The first-order valence-corrected chi connectivity index (χ1v) is 9.92. The lowest BCUT2D eigenvalue weighted by Gasteiger charge is -2.19. The van der Waals surface area contributed by atoms with E-state index in [1.165, 1.54) is 12.8 Å². The molecule has 2 aromatic rings. The van der Waals surface area contributed by atoms with Crippen molar-refractivity contribution in [1.82, 2.24) is 0 Å². The van der Waals surface area contributed by atoms with Gasteiger partial charge < -0.3 is 9.05 Å². The minimum Gasteiger partial charge on any atom is -0.395 e. The summed E-state index contributed by atoms with van der Waals surface area (Å²) in [6, 6.07) is 17.9. The molecule has 2 rings (SSSR count). The van der Waals surface area contributed by atoms with Gasteiger partial charge in [-0.1, -0.05) is 69.0 Å². The number of hydrogen-bond donors (Lipinski definition) is 0. The lowest BCUT2D eigenvalue weighted by Crippen LogP contribution is -2.06. The van der Waals surface area contributed by atoms with E-state index < -0.39 is 7.82 Å². The average Bonchev–Trinajstić information content (AvgIpc) is 2.60. The highest BCUT2D eigenvalue weighted by Gasteiger charge is 2.30. The Morgan fingerprint density at radius 1 is 0.750 bits per heavy atom. The molecule has 0 aliphatic rings. The van der Waals surface area contributed by atoms with E-state index in [9.17, 15) is 4.57 Å². The second-order valence-electron chi connectivity index (χ2n) is 5.50. The number of unbranched alkanes of at least 4 members (excludes halogenated alkanes) is 4. The van der Waals surface area contributed by atoms with Gasteiger partial charge in [-0.05, 0) is 30.7 Å². The quantitative estimate of drug-likeness (QED) is 0.356. The van der Waals surface area contributed by atoms with Crippen LogP contribution in [-0.4, -0.2) is 6.61 Å². The van der Waals surface area contributed by atoms with E-state index in [1.807, 2.05) is 36.4 Å². The Kier molecular flexibility index (Phi) is 7.87. The summed E-state index contributed by atoms with van der Waals surface area (Å²) in [7, 11) is -3.72. The van der Waals surface area contributed by atoms with Crippen LogP contribution < -0.4 is 9.05 Å².